The Bertz CT molecular complexity index is 642. The van der Waals surface area contributed by atoms with Gasteiger partial charge in [-0.3, -0.25) is 0 Å². The zero-order valence-corrected chi connectivity index (χ0v) is 19.2. The van der Waals surface area contributed by atoms with Crippen LogP contribution < -0.4 is 9.46 Å². The average Bonchev–Trinajstić information content (AvgIpc) is 2.49. The lowest BCUT2D eigenvalue weighted by molar-refractivity contribution is 0.253. The highest BCUT2D eigenvalue weighted by molar-refractivity contribution is 7.84. The fourth-order valence-electron chi connectivity index (χ4n) is 1.86. The van der Waals surface area contributed by atoms with Crippen molar-refractivity contribution in [1.82, 2.24) is 9.71 Å². The molecule has 0 amide bonds. The third-order valence-corrected chi connectivity index (χ3v) is 10.7. The molecule has 8 heteroatoms. The standard InChI is InChI=1S/C18H33FN2O3SSi/c1-17(2,3)25(22)21-15(12-24-26(8,9)18(4,5)6)14-10-13(19)11-20-16(14)23-7/h10-11,15,21H,12H2,1-9H3/t15-,25?/m1/s1. The van der Waals surface area contributed by atoms with Gasteiger partial charge in [0.05, 0.1) is 41.7 Å². The molecule has 1 aromatic rings. The van der Waals surface area contributed by atoms with E-state index in [9.17, 15) is 8.60 Å². The van der Waals surface area contributed by atoms with Crippen LogP contribution in [0.5, 0.6) is 5.88 Å². The van der Waals surface area contributed by atoms with E-state index < -0.39 is 35.9 Å². The van der Waals surface area contributed by atoms with Crippen LogP contribution in [0.15, 0.2) is 12.3 Å². The molecule has 150 valence electrons. The van der Waals surface area contributed by atoms with E-state index in [1.807, 2.05) is 20.8 Å². The Morgan fingerprint density at radius 1 is 1.27 bits per heavy atom. The number of nitrogens with one attached hydrogen (secondary N) is 1. The molecule has 1 heterocycles. The molecule has 0 saturated heterocycles. The fourth-order valence-corrected chi connectivity index (χ4v) is 3.69. The largest absolute Gasteiger partial charge is 0.481 e. The first-order valence-electron chi connectivity index (χ1n) is 8.70. The van der Waals surface area contributed by atoms with Gasteiger partial charge >= 0.3 is 0 Å². The summed E-state index contributed by atoms with van der Waals surface area (Å²) >= 11 is 0. The molecule has 1 rings (SSSR count). The second kappa shape index (κ2) is 8.46. The van der Waals surface area contributed by atoms with Gasteiger partial charge in [-0.2, -0.15) is 0 Å². The van der Waals surface area contributed by atoms with E-state index in [-0.39, 0.29) is 11.6 Å². The summed E-state index contributed by atoms with van der Waals surface area (Å²) < 4.78 is 40.7. The van der Waals surface area contributed by atoms with Crippen molar-refractivity contribution in [2.45, 2.75) is 70.5 Å². The molecule has 0 spiro atoms. The van der Waals surface area contributed by atoms with Gasteiger partial charge in [-0.25, -0.2) is 18.3 Å². The van der Waals surface area contributed by atoms with Crippen molar-refractivity contribution in [3.63, 3.8) is 0 Å². The molecule has 0 aliphatic heterocycles. The summed E-state index contributed by atoms with van der Waals surface area (Å²) in [6.07, 6.45) is 1.11. The van der Waals surface area contributed by atoms with Gasteiger partial charge in [-0.15, -0.1) is 0 Å². The van der Waals surface area contributed by atoms with E-state index in [1.165, 1.54) is 13.2 Å². The molecular weight excluding hydrogens is 371 g/mol. The molecule has 0 fully saturated rings. The second-order valence-corrected chi connectivity index (χ2v) is 15.7. The number of hydrogen-bond acceptors (Lipinski definition) is 4. The minimum atomic E-state index is -2.03. The number of rotatable bonds is 7. The van der Waals surface area contributed by atoms with Crippen LogP contribution in [-0.4, -0.2) is 36.0 Å². The molecule has 0 bridgehead atoms. The van der Waals surface area contributed by atoms with Crippen LogP contribution in [0.1, 0.15) is 53.1 Å². The van der Waals surface area contributed by atoms with Crippen molar-refractivity contribution in [3.05, 3.63) is 23.6 Å². The summed E-state index contributed by atoms with van der Waals surface area (Å²) in [4.78, 5) is 4.00. The van der Waals surface area contributed by atoms with Gasteiger partial charge in [-0.1, -0.05) is 20.8 Å². The van der Waals surface area contributed by atoms with Crippen LogP contribution in [0.4, 0.5) is 4.39 Å². The van der Waals surface area contributed by atoms with Crippen LogP contribution in [0, 0.1) is 5.82 Å². The molecule has 1 unspecified atom stereocenters. The number of nitrogens with zero attached hydrogens (tertiary/aromatic N) is 1. The Kier molecular flexibility index (Phi) is 7.55. The first-order chi connectivity index (χ1) is 11.7. The normalized spacial score (nSPS) is 15.6. The summed E-state index contributed by atoms with van der Waals surface area (Å²) in [6.45, 7) is 16.6. The molecule has 0 aliphatic rings. The predicted octanol–water partition coefficient (Wildman–Crippen LogP) is 4.34. The number of aromatic nitrogens is 1. The molecule has 0 aliphatic carbocycles. The average molecular weight is 405 g/mol. The Labute approximate surface area is 160 Å². The van der Waals surface area contributed by atoms with Crippen LogP contribution in [0.3, 0.4) is 0 Å². The molecule has 1 N–H and O–H groups in total. The van der Waals surface area contributed by atoms with Gasteiger partial charge in [0.15, 0.2) is 8.32 Å². The Morgan fingerprint density at radius 2 is 1.85 bits per heavy atom. The van der Waals surface area contributed by atoms with Crippen molar-refractivity contribution < 1.29 is 17.8 Å². The molecule has 0 aromatic carbocycles. The summed E-state index contributed by atoms with van der Waals surface area (Å²) in [6, 6.07) is 0.862. The minimum Gasteiger partial charge on any atom is -0.481 e. The zero-order chi connectivity index (χ0) is 20.3. The highest BCUT2D eigenvalue weighted by Crippen LogP contribution is 2.37. The Morgan fingerprint density at radius 3 is 2.31 bits per heavy atom. The molecule has 1 aromatic heterocycles. The summed E-state index contributed by atoms with van der Waals surface area (Å²) in [7, 11) is -1.90. The maximum absolute atomic E-state index is 13.8. The Hall–Kier alpha value is -0.833. The van der Waals surface area contributed by atoms with E-state index in [0.29, 0.717) is 11.4 Å². The molecular formula is C18H33FN2O3SSi. The van der Waals surface area contributed by atoms with Crippen molar-refractivity contribution in [1.29, 1.82) is 0 Å². The monoisotopic (exact) mass is 404 g/mol. The van der Waals surface area contributed by atoms with E-state index in [4.69, 9.17) is 9.16 Å². The van der Waals surface area contributed by atoms with Crippen molar-refractivity contribution >= 4 is 19.3 Å². The minimum absolute atomic E-state index is 0.0327. The lowest BCUT2D eigenvalue weighted by atomic mass is 10.1. The van der Waals surface area contributed by atoms with Crippen molar-refractivity contribution in [2.24, 2.45) is 0 Å². The quantitative estimate of drug-likeness (QED) is 0.687. The van der Waals surface area contributed by atoms with Crippen LogP contribution in [0.25, 0.3) is 0 Å². The van der Waals surface area contributed by atoms with Crippen LogP contribution in [-0.2, 0) is 15.4 Å². The highest BCUT2D eigenvalue weighted by atomic mass is 32.2. The van der Waals surface area contributed by atoms with Crippen molar-refractivity contribution in [3.8, 4) is 5.88 Å². The van der Waals surface area contributed by atoms with Gasteiger partial charge in [-0.05, 0) is 45.0 Å². The summed E-state index contributed by atoms with van der Waals surface area (Å²) in [5, 5.41) is 0.0327. The molecule has 0 radical (unpaired) electrons. The predicted molar refractivity (Wildman–Crippen MR) is 108 cm³/mol. The van der Waals surface area contributed by atoms with E-state index in [1.54, 1.807) is 0 Å². The first kappa shape index (κ1) is 23.2. The number of hydrogen-bond donors (Lipinski definition) is 1. The maximum atomic E-state index is 13.8. The SMILES string of the molecule is COc1ncc(F)cc1[C@@H](CO[Si](C)(C)C(C)(C)C)NS(=O)C(C)(C)C. The fraction of sp³-hybridized carbons (Fsp3) is 0.722. The van der Waals surface area contributed by atoms with E-state index >= 15 is 0 Å². The van der Waals surface area contributed by atoms with Crippen LogP contribution >= 0.6 is 0 Å². The number of halogens is 1. The lowest BCUT2D eigenvalue weighted by Crippen LogP contribution is -2.44. The first-order valence-corrected chi connectivity index (χ1v) is 12.8. The summed E-state index contributed by atoms with van der Waals surface area (Å²) in [5.74, 6) is -0.171. The summed E-state index contributed by atoms with van der Waals surface area (Å²) in [5.41, 5.74) is 0.504. The second-order valence-electron chi connectivity index (χ2n) is 8.87. The maximum Gasteiger partial charge on any atom is 0.218 e. The topological polar surface area (TPSA) is 60.5 Å². The van der Waals surface area contributed by atoms with Gasteiger partial charge < -0.3 is 9.16 Å². The number of pyridine rings is 1. The smallest absolute Gasteiger partial charge is 0.218 e. The molecule has 0 saturated carbocycles. The van der Waals surface area contributed by atoms with E-state index in [2.05, 4.69) is 43.6 Å². The number of ether oxygens (including phenoxy) is 1. The third-order valence-electron chi connectivity index (χ3n) is 4.64. The van der Waals surface area contributed by atoms with Gasteiger partial charge in [0, 0.05) is 5.56 Å². The van der Waals surface area contributed by atoms with Gasteiger partial charge in [0.2, 0.25) is 5.88 Å². The van der Waals surface area contributed by atoms with Crippen LogP contribution in [0.2, 0.25) is 18.1 Å². The third kappa shape index (κ3) is 6.11. The zero-order valence-electron chi connectivity index (χ0n) is 17.4. The molecule has 5 nitrogen and oxygen atoms in total. The Balaban J connectivity index is 3.19. The lowest BCUT2D eigenvalue weighted by Gasteiger charge is -2.37. The number of methoxy groups -OCH3 is 1. The highest BCUT2D eigenvalue weighted by Gasteiger charge is 2.38. The van der Waals surface area contributed by atoms with Gasteiger partial charge in [0.1, 0.15) is 5.82 Å². The molecule has 2 atom stereocenters. The van der Waals surface area contributed by atoms with Gasteiger partial charge in [0.25, 0.3) is 0 Å². The molecule has 26 heavy (non-hydrogen) atoms. The van der Waals surface area contributed by atoms with Crippen molar-refractivity contribution in [2.75, 3.05) is 13.7 Å². The van der Waals surface area contributed by atoms with E-state index in [0.717, 1.165) is 6.20 Å².